The number of nitrogens with one attached hydrogen (secondary N) is 1. The minimum absolute atomic E-state index is 0.852. The van der Waals surface area contributed by atoms with Crippen molar-refractivity contribution in [2.45, 2.75) is 32.6 Å². The van der Waals surface area contributed by atoms with Gasteiger partial charge in [0.1, 0.15) is 0 Å². The second kappa shape index (κ2) is 6.41. The molecule has 1 aliphatic rings. The van der Waals surface area contributed by atoms with Crippen molar-refractivity contribution in [2.75, 3.05) is 11.9 Å². The first-order valence-electron chi connectivity index (χ1n) is 6.34. The Bertz CT molecular complexity index is 380. The van der Waals surface area contributed by atoms with Gasteiger partial charge in [-0.1, -0.05) is 19.8 Å². The molecule has 2 rings (SSSR count). The van der Waals surface area contributed by atoms with Crippen LogP contribution in [-0.4, -0.2) is 6.54 Å². The molecule has 1 N–H and O–H groups in total. The molecule has 0 saturated heterocycles. The van der Waals surface area contributed by atoms with E-state index in [4.69, 9.17) is 0 Å². The Kier molecular flexibility index (Phi) is 5.15. The maximum atomic E-state index is 3.62. The summed E-state index contributed by atoms with van der Waals surface area (Å²) >= 11 is 5.96. The van der Waals surface area contributed by atoms with E-state index < -0.39 is 0 Å². The molecule has 17 heavy (non-hydrogen) atoms. The number of hydrogen-bond donors (Lipinski definition) is 1. The Labute approximate surface area is 126 Å². The van der Waals surface area contributed by atoms with Crippen molar-refractivity contribution in [3.63, 3.8) is 0 Å². The van der Waals surface area contributed by atoms with Crippen LogP contribution >= 0.6 is 38.5 Å². The molecule has 0 amide bonds. The van der Waals surface area contributed by atoms with Gasteiger partial charge in [-0.25, -0.2) is 0 Å². The van der Waals surface area contributed by atoms with E-state index in [2.05, 4.69) is 69.0 Å². The Morgan fingerprint density at radius 2 is 2.24 bits per heavy atom. The van der Waals surface area contributed by atoms with E-state index in [9.17, 15) is 0 Å². The van der Waals surface area contributed by atoms with Gasteiger partial charge in [0.15, 0.2) is 0 Å². The summed E-state index contributed by atoms with van der Waals surface area (Å²) in [5.41, 5.74) is 1.23. The van der Waals surface area contributed by atoms with Crippen LogP contribution in [0.5, 0.6) is 0 Å². The van der Waals surface area contributed by atoms with Gasteiger partial charge >= 0.3 is 0 Å². The molecule has 2 unspecified atom stereocenters. The molecular formula is C14H19BrIN. The summed E-state index contributed by atoms with van der Waals surface area (Å²) < 4.78 is 2.44. The normalized spacial score (nSPS) is 24.6. The summed E-state index contributed by atoms with van der Waals surface area (Å²) in [6.07, 6.45) is 5.60. The van der Waals surface area contributed by atoms with Gasteiger partial charge in [0.2, 0.25) is 0 Å². The molecule has 0 radical (unpaired) electrons. The largest absolute Gasteiger partial charge is 0.384 e. The van der Waals surface area contributed by atoms with E-state index in [1.54, 1.807) is 0 Å². The van der Waals surface area contributed by atoms with Gasteiger partial charge in [-0.3, -0.25) is 0 Å². The first-order valence-corrected chi connectivity index (χ1v) is 8.21. The zero-order chi connectivity index (χ0) is 12.3. The molecule has 0 heterocycles. The van der Waals surface area contributed by atoms with Crippen molar-refractivity contribution >= 4 is 44.2 Å². The van der Waals surface area contributed by atoms with Crippen LogP contribution in [0.3, 0.4) is 0 Å². The molecule has 1 saturated carbocycles. The number of hydrogen-bond acceptors (Lipinski definition) is 1. The van der Waals surface area contributed by atoms with Crippen molar-refractivity contribution < 1.29 is 0 Å². The lowest BCUT2D eigenvalue weighted by molar-refractivity contribution is 0.293. The van der Waals surface area contributed by atoms with Gasteiger partial charge in [-0.2, -0.15) is 0 Å². The van der Waals surface area contributed by atoms with Gasteiger partial charge in [-0.15, -0.1) is 0 Å². The third kappa shape index (κ3) is 4.12. The summed E-state index contributed by atoms with van der Waals surface area (Å²) in [6, 6.07) is 6.47. The van der Waals surface area contributed by atoms with E-state index >= 15 is 0 Å². The summed E-state index contributed by atoms with van der Waals surface area (Å²) in [7, 11) is 0. The first kappa shape index (κ1) is 13.7. The molecule has 2 atom stereocenters. The van der Waals surface area contributed by atoms with Crippen LogP contribution in [0.15, 0.2) is 22.7 Å². The van der Waals surface area contributed by atoms with Crippen molar-refractivity contribution in [3.8, 4) is 0 Å². The molecule has 3 heteroatoms. The smallest absolute Gasteiger partial charge is 0.0485 e. The van der Waals surface area contributed by atoms with E-state index in [1.165, 1.54) is 39.4 Å². The van der Waals surface area contributed by atoms with E-state index in [0.717, 1.165) is 18.4 Å². The zero-order valence-electron chi connectivity index (χ0n) is 10.2. The van der Waals surface area contributed by atoms with Gasteiger partial charge in [0.05, 0.1) is 0 Å². The maximum Gasteiger partial charge on any atom is 0.0485 e. The van der Waals surface area contributed by atoms with E-state index in [-0.39, 0.29) is 0 Å². The third-order valence-corrected chi connectivity index (χ3v) is 4.88. The van der Waals surface area contributed by atoms with Gasteiger partial charge in [-0.05, 0) is 81.4 Å². The van der Waals surface area contributed by atoms with Crippen LogP contribution in [0, 0.1) is 15.4 Å². The number of rotatable bonds is 3. The Hall–Kier alpha value is 0.230. The maximum absolute atomic E-state index is 3.62. The van der Waals surface area contributed by atoms with Crippen LogP contribution in [0.25, 0.3) is 0 Å². The number of anilines is 1. The lowest BCUT2D eigenvalue weighted by Gasteiger charge is -2.27. The lowest BCUT2D eigenvalue weighted by atomic mass is 9.82. The summed E-state index contributed by atoms with van der Waals surface area (Å²) in [4.78, 5) is 0. The van der Waals surface area contributed by atoms with Crippen molar-refractivity contribution in [3.05, 3.63) is 26.2 Å². The molecule has 0 aromatic heterocycles. The van der Waals surface area contributed by atoms with Crippen molar-refractivity contribution in [2.24, 2.45) is 11.8 Å². The molecule has 94 valence electrons. The second-order valence-electron chi connectivity index (χ2n) is 5.14. The highest BCUT2D eigenvalue weighted by Gasteiger charge is 2.18. The lowest BCUT2D eigenvalue weighted by Crippen LogP contribution is -2.21. The van der Waals surface area contributed by atoms with Crippen LogP contribution in [0.1, 0.15) is 32.6 Å². The highest BCUT2D eigenvalue weighted by atomic mass is 127. The number of halogens is 2. The van der Waals surface area contributed by atoms with Crippen LogP contribution in [-0.2, 0) is 0 Å². The monoisotopic (exact) mass is 407 g/mol. The molecule has 1 aliphatic carbocycles. The topological polar surface area (TPSA) is 12.0 Å². The summed E-state index contributed by atoms with van der Waals surface area (Å²) in [5, 5.41) is 3.58. The van der Waals surface area contributed by atoms with Crippen LogP contribution in [0.4, 0.5) is 5.69 Å². The fraction of sp³-hybridized carbons (Fsp3) is 0.571. The van der Waals surface area contributed by atoms with Crippen molar-refractivity contribution in [1.29, 1.82) is 0 Å². The Balaban J connectivity index is 1.88. The van der Waals surface area contributed by atoms with Gasteiger partial charge < -0.3 is 5.32 Å². The standard InChI is InChI=1S/C14H19BrIN/c1-10-3-2-4-11(7-10)9-17-14-6-5-12(16)8-13(14)15/h5-6,8,10-11,17H,2-4,7,9H2,1H3. The summed E-state index contributed by atoms with van der Waals surface area (Å²) in [5.74, 6) is 1.76. The van der Waals surface area contributed by atoms with Crippen molar-refractivity contribution in [1.82, 2.24) is 0 Å². The molecule has 0 spiro atoms. The quantitative estimate of drug-likeness (QED) is 0.671. The fourth-order valence-corrected chi connectivity index (χ4v) is 4.07. The van der Waals surface area contributed by atoms with Gasteiger partial charge in [0, 0.05) is 20.3 Å². The molecule has 0 bridgehead atoms. The fourth-order valence-electron chi connectivity index (χ4n) is 2.63. The second-order valence-corrected chi connectivity index (χ2v) is 7.24. The average Bonchev–Trinajstić information content (AvgIpc) is 2.28. The van der Waals surface area contributed by atoms with E-state index in [1.807, 2.05) is 0 Å². The first-order chi connectivity index (χ1) is 8.15. The van der Waals surface area contributed by atoms with Crippen LogP contribution in [0.2, 0.25) is 0 Å². The SMILES string of the molecule is CC1CCCC(CNc2ccc(I)cc2Br)C1. The van der Waals surface area contributed by atoms with E-state index in [0.29, 0.717) is 0 Å². The molecule has 1 aromatic carbocycles. The molecule has 1 nitrogen and oxygen atoms in total. The van der Waals surface area contributed by atoms with Crippen LogP contribution < -0.4 is 5.32 Å². The predicted octanol–water partition coefficient (Wildman–Crippen LogP) is 5.29. The highest BCUT2D eigenvalue weighted by Crippen LogP contribution is 2.30. The molecular weight excluding hydrogens is 389 g/mol. The minimum atomic E-state index is 0.852. The minimum Gasteiger partial charge on any atom is -0.384 e. The Morgan fingerprint density at radius 3 is 2.94 bits per heavy atom. The molecule has 1 aromatic rings. The molecule has 0 aliphatic heterocycles. The Morgan fingerprint density at radius 1 is 1.41 bits per heavy atom. The average molecular weight is 408 g/mol. The summed E-state index contributed by atoms with van der Waals surface area (Å²) in [6.45, 7) is 3.50. The molecule has 1 fully saturated rings. The zero-order valence-corrected chi connectivity index (χ0v) is 13.9. The third-order valence-electron chi connectivity index (χ3n) is 3.56. The van der Waals surface area contributed by atoms with Gasteiger partial charge in [0.25, 0.3) is 0 Å². The highest BCUT2D eigenvalue weighted by molar-refractivity contribution is 14.1. The predicted molar refractivity (Wildman–Crippen MR) is 86.5 cm³/mol. The number of benzene rings is 1.